The second-order valence-corrected chi connectivity index (χ2v) is 6.81. The molecule has 4 rings (SSSR count). The van der Waals surface area contributed by atoms with E-state index in [1.165, 1.54) is 0 Å². The van der Waals surface area contributed by atoms with Crippen LogP contribution in [0.3, 0.4) is 0 Å². The van der Waals surface area contributed by atoms with Crippen LogP contribution < -0.4 is 5.32 Å². The number of aryl methyl sites for hydroxylation is 2. The minimum absolute atomic E-state index is 0.0965. The molecular weight excluding hydrogens is 356 g/mol. The van der Waals surface area contributed by atoms with Crippen molar-refractivity contribution in [3.8, 4) is 0 Å². The van der Waals surface area contributed by atoms with Crippen molar-refractivity contribution in [3.63, 3.8) is 0 Å². The van der Waals surface area contributed by atoms with E-state index in [9.17, 15) is 14.4 Å². The molecule has 28 heavy (non-hydrogen) atoms. The average Bonchev–Trinajstić information content (AvgIpc) is 3.05. The van der Waals surface area contributed by atoms with Gasteiger partial charge in [-0.3, -0.25) is 14.6 Å². The molecule has 2 aromatic carbocycles. The van der Waals surface area contributed by atoms with E-state index in [0.717, 1.165) is 22.0 Å². The molecule has 0 spiro atoms. The Morgan fingerprint density at radius 1 is 1.14 bits per heavy atom. The second kappa shape index (κ2) is 6.88. The zero-order chi connectivity index (χ0) is 19.8. The van der Waals surface area contributed by atoms with Gasteiger partial charge in [-0.15, -0.1) is 0 Å². The van der Waals surface area contributed by atoms with E-state index in [2.05, 4.69) is 10.3 Å². The monoisotopic (exact) mass is 374 g/mol. The summed E-state index contributed by atoms with van der Waals surface area (Å²) in [4.78, 5) is 41.0. The molecule has 1 aromatic heterocycles. The van der Waals surface area contributed by atoms with Gasteiger partial charge in [0.15, 0.2) is 12.4 Å². The van der Waals surface area contributed by atoms with E-state index >= 15 is 0 Å². The van der Waals surface area contributed by atoms with E-state index < -0.39 is 5.97 Å². The van der Waals surface area contributed by atoms with Crippen LogP contribution in [0.1, 0.15) is 37.5 Å². The van der Waals surface area contributed by atoms with Crippen molar-refractivity contribution in [1.82, 2.24) is 4.98 Å². The SMILES string of the molecule is Cc1nc2ccccc2c(C)c1C(=O)OCC(=O)c1ccc2c(c1)CC(=O)N2. The summed E-state index contributed by atoms with van der Waals surface area (Å²) in [5.74, 6) is -0.986. The second-order valence-electron chi connectivity index (χ2n) is 6.81. The summed E-state index contributed by atoms with van der Waals surface area (Å²) in [5, 5.41) is 3.60. The first-order valence-electron chi connectivity index (χ1n) is 8.93. The van der Waals surface area contributed by atoms with Crippen molar-refractivity contribution >= 4 is 34.3 Å². The fourth-order valence-electron chi connectivity index (χ4n) is 3.52. The lowest BCUT2D eigenvalue weighted by atomic mass is 10.0. The van der Waals surface area contributed by atoms with Crippen LogP contribution in [0.15, 0.2) is 42.5 Å². The highest BCUT2D eigenvalue weighted by Gasteiger charge is 2.21. The minimum Gasteiger partial charge on any atom is -0.454 e. The Labute approximate surface area is 161 Å². The van der Waals surface area contributed by atoms with Gasteiger partial charge in [0.1, 0.15) is 0 Å². The maximum Gasteiger partial charge on any atom is 0.340 e. The normalized spacial score (nSPS) is 12.6. The molecule has 0 atom stereocenters. The first-order chi connectivity index (χ1) is 13.4. The number of ether oxygens (including phenoxy) is 1. The Balaban J connectivity index is 1.52. The van der Waals surface area contributed by atoms with Crippen LogP contribution in [-0.2, 0) is 16.0 Å². The van der Waals surface area contributed by atoms with Gasteiger partial charge in [0.05, 0.1) is 23.2 Å². The van der Waals surface area contributed by atoms with Gasteiger partial charge >= 0.3 is 5.97 Å². The number of carbonyl (C=O) groups is 3. The predicted molar refractivity (Wildman–Crippen MR) is 105 cm³/mol. The quantitative estimate of drug-likeness (QED) is 0.559. The topological polar surface area (TPSA) is 85.4 Å². The zero-order valence-corrected chi connectivity index (χ0v) is 15.5. The van der Waals surface area contributed by atoms with Crippen LogP contribution in [-0.4, -0.2) is 29.3 Å². The van der Waals surface area contributed by atoms with Crippen LogP contribution in [0, 0.1) is 13.8 Å². The Morgan fingerprint density at radius 2 is 1.93 bits per heavy atom. The molecule has 0 radical (unpaired) electrons. The lowest BCUT2D eigenvalue weighted by Gasteiger charge is -2.12. The predicted octanol–water partition coefficient (Wildman–Crippen LogP) is 3.39. The molecule has 0 bridgehead atoms. The summed E-state index contributed by atoms with van der Waals surface area (Å²) in [7, 11) is 0. The number of hydrogen-bond acceptors (Lipinski definition) is 5. The number of benzene rings is 2. The van der Waals surface area contributed by atoms with Gasteiger partial charge in [-0.25, -0.2) is 4.79 Å². The van der Waals surface area contributed by atoms with Crippen molar-refractivity contribution in [3.05, 3.63) is 70.4 Å². The number of rotatable bonds is 4. The number of nitrogens with one attached hydrogen (secondary N) is 1. The molecule has 1 aliphatic heterocycles. The third-order valence-electron chi connectivity index (χ3n) is 4.92. The van der Waals surface area contributed by atoms with E-state index in [1.807, 2.05) is 31.2 Å². The zero-order valence-electron chi connectivity index (χ0n) is 15.5. The molecule has 0 unspecified atom stereocenters. The number of Topliss-reactive ketones (excluding diaryl/α,β-unsaturated/α-hetero) is 1. The van der Waals surface area contributed by atoms with E-state index in [1.54, 1.807) is 25.1 Å². The summed E-state index contributed by atoms with van der Waals surface area (Å²) in [5.41, 5.74) is 4.44. The number of hydrogen-bond donors (Lipinski definition) is 1. The number of carbonyl (C=O) groups excluding carboxylic acids is 3. The number of ketones is 1. The smallest absolute Gasteiger partial charge is 0.340 e. The van der Waals surface area contributed by atoms with Crippen LogP contribution in [0.5, 0.6) is 0 Å². The highest BCUT2D eigenvalue weighted by molar-refractivity contribution is 6.04. The Kier molecular flexibility index (Phi) is 4.39. The first kappa shape index (κ1) is 17.9. The van der Waals surface area contributed by atoms with Gasteiger partial charge in [0, 0.05) is 16.6 Å². The molecule has 1 aliphatic rings. The summed E-state index contributed by atoms with van der Waals surface area (Å²) in [6.45, 7) is 3.23. The third-order valence-corrected chi connectivity index (χ3v) is 4.92. The number of amides is 1. The number of nitrogens with zero attached hydrogens (tertiary/aromatic N) is 1. The molecular formula is C22H18N2O4. The van der Waals surface area contributed by atoms with Gasteiger partial charge in [0.2, 0.25) is 5.91 Å². The maximum absolute atomic E-state index is 12.6. The van der Waals surface area contributed by atoms with Crippen LogP contribution in [0.4, 0.5) is 5.69 Å². The van der Waals surface area contributed by atoms with Crippen LogP contribution in [0.2, 0.25) is 0 Å². The van der Waals surface area contributed by atoms with Crippen molar-refractivity contribution in [2.24, 2.45) is 0 Å². The van der Waals surface area contributed by atoms with Crippen molar-refractivity contribution in [2.75, 3.05) is 11.9 Å². The van der Waals surface area contributed by atoms with E-state index in [-0.39, 0.29) is 24.7 Å². The standard InChI is InChI=1S/C22H18N2O4/c1-12-16-5-3-4-6-18(16)23-13(2)21(12)22(27)28-11-19(25)14-7-8-17-15(9-14)10-20(26)24-17/h3-9H,10-11H2,1-2H3,(H,24,26). The van der Waals surface area contributed by atoms with Gasteiger partial charge in [-0.2, -0.15) is 0 Å². The molecule has 1 amide bonds. The van der Waals surface area contributed by atoms with Gasteiger partial charge in [-0.1, -0.05) is 18.2 Å². The summed E-state index contributed by atoms with van der Waals surface area (Å²) < 4.78 is 5.28. The summed E-state index contributed by atoms with van der Waals surface area (Å²) >= 11 is 0. The van der Waals surface area contributed by atoms with E-state index in [4.69, 9.17) is 4.74 Å². The highest BCUT2D eigenvalue weighted by Crippen LogP contribution is 2.25. The Bertz CT molecular complexity index is 1150. The molecule has 0 saturated carbocycles. The fraction of sp³-hybridized carbons (Fsp3) is 0.182. The number of aromatic nitrogens is 1. The van der Waals surface area contributed by atoms with Crippen molar-refractivity contribution < 1.29 is 19.1 Å². The Hall–Kier alpha value is -3.54. The highest BCUT2D eigenvalue weighted by atomic mass is 16.5. The van der Waals surface area contributed by atoms with Gasteiger partial charge < -0.3 is 10.1 Å². The molecule has 2 heterocycles. The van der Waals surface area contributed by atoms with Gasteiger partial charge in [-0.05, 0) is 49.2 Å². The molecule has 6 heteroatoms. The molecule has 0 fully saturated rings. The molecule has 6 nitrogen and oxygen atoms in total. The summed E-state index contributed by atoms with van der Waals surface area (Å²) in [6.07, 6.45) is 0.247. The van der Waals surface area contributed by atoms with Crippen LogP contribution in [0.25, 0.3) is 10.9 Å². The third kappa shape index (κ3) is 3.13. The number of para-hydroxylation sites is 1. The molecule has 0 saturated heterocycles. The summed E-state index contributed by atoms with van der Waals surface area (Å²) in [6, 6.07) is 12.5. The van der Waals surface area contributed by atoms with Crippen molar-refractivity contribution in [1.29, 1.82) is 0 Å². The maximum atomic E-state index is 12.6. The van der Waals surface area contributed by atoms with Gasteiger partial charge in [0.25, 0.3) is 0 Å². The number of fused-ring (bicyclic) bond motifs is 2. The minimum atomic E-state index is -0.570. The van der Waals surface area contributed by atoms with Crippen LogP contribution >= 0.6 is 0 Å². The Morgan fingerprint density at radius 3 is 2.75 bits per heavy atom. The number of esters is 1. The lowest BCUT2D eigenvalue weighted by molar-refractivity contribution is -0.115. The molecule has 1 N–H and O–H groups in total. The average molecular weight is 374 g/mol. The lowest BCUT2D eigenvalue weighted by Crippen LogP contribution is -2.17. The van der Waals surface area contributed by atoms with E-state index in [0.29, 0.717) is 22.5 Å². The first-order valence-corrected chi connectivity index (χ1v) is 8.93. The van der Waals surface area contributed by atoms with Crippen molar-refractivity contribution in [2.45, 2.75) is 20.3 Å². The largest absolute Gasteiger partial charge is 0.454 e. The molecule has 0 aliphatic carbocycles. The number of pyridine rings is 1. The fourth-order valence-corrected chi connectivity index (χ4v) is 3.52. The molecule has 3 aromatic rings. The molecule has 140 valence electrons. The number of anilines is 1.